The Hall–Kier alpha value is -1.69. The third kappa shape index (κ3) is 3.07. The lowest BCUT2D eigenvalue weighted by Crippen LogP contribution is -2.37. The van der Waals surface area contributed by atoms with Gasteiger partial charge in [-0.25, -0.2) is 4.39 Å². The highest BCUT2D eigenvalue weighted by Crippen LogP contribution is 2.27. The molecule has 0 radical (unpaired) electrons. The molecule has 0 amide bonds. The lowest BCUT2D eigenvalue weighted by atomic mass is 10.2. The minimum atomic E-state index is -0.555. The third-order valence-electron chi connectivity index (χ3n) is 3.94. The summed E-state index contributed by atoms with van der Waals surface area (Å²) >= 11 is 0. The van der Waals surface area contributed by atoms with Crippen molar-refractivity contribution in [1.82, 2.24) is 4.90 Å². The second-order valence-corrected chi connectivity index (χ2v) is 5.03. The van der Waals surface area contributed by atoms with Gasteiger partial charge in [-0.2, -0.15) is 0 Å². The molecule has 1 heterocycles. The van der Waals surface area contributed by atoms with E-state index in [1.54, 1.807) is 0 Å². The van der Waals surface area contributed by atoms with Crippen LogP contribution in [0.5, 0.6) is 0 Å². The largest absolute Gasteiger partial charge is 0.370 e. The lowest BCUT2D eigenvalue weighted by Gasteiger charge is -2.26. The smallest absolute Gasteiger partial charge is 0.274 e. The molecule has 0 aromatic heterocycles. The number of hydrogen-bond acceptors (Lipinski definition) is 4. The van der Waals surface area contributed by atoms with E-state index in [0.29, 0.717) is 11.7 Å². The summed E-state index contributed by atoms with van der Waals surface area (Å²) in [4.78, 5) is 14.6. The molecule has 0 aliphatic carbocycles. The normalized spacial score (nSPS) is 18.8. The second kappa shape index (κ2) is 6.17. The fraction of sp³-hybridized carbons (Fsp3) is 0.571. The molecule has 20 heavy (non-hydrogen) atoms. The van der Waals surface area contributed by atoms with Crippen LogP contribution in [0.25, 0.3) is 0 Å². The lowest BCUT2D eigenvalue weighted by molar-refractivity contribution is -0.385. The second-order valence-electron chi connectivity index (χ2n) is 5.03. The van der Waals surface area contributed by atoms with Crippen molar-refractivity contribution in [1.29, 1.82) is 0 Å². The molecule has 1 aliphatic rings. The predicted molar refractivity (Wildman–Crippen MR) is 76.6 cm³/mol. The molecule has 0 N–H and O–H groups in total. The van der Waals surface area contributed by atoms with Gasteiger partial charge in [0.1, 0.15) is 5.82 Å². The Labute approximate surface area is 118 Å². The number of likely N-dealkylation sites (N-methyl/N-ethyl adjacent to an activating group) is 1. The molecule has 1 atom stereocenters. The average Bonchev–Trinajstić information content (AvgIpc) is 2.89. The van der Waals surface area contributed by atoms with Gasteiger partial charge in [0.15, 0.2) is 0 Å². The highest BCUT2D eigenvalue weighted by molar-refractivity contribution is 5.54. The molecule has 1 saturated heterocycles. The molecule has 1 aromatic rings. The summed E-state index contributed by atoms with van der Waals surface area (Å²) in [6, 6.07) is 4.22. The number of nitro benzene ring substituents is 1. The minimum absolute atomic E-state index is 0.189. The van der Waals surface area contributed by atoms with Gasteiger partial charge < -0.3 is 4.90 Å². The highest BCUT2D eigenvalue weighted by atomic mass is 19.1. The molecule has 1 unspecified atom stereocenters. The Morgan fingerprint density at radius 1 is 1.40 bits per heavy atom. The molecule has 0 bridgehead atoms. The Balaban J connectivity index is 2.15. The maximum absolute atomic E-state index is 13.5. The molecule has 0 spiro atoms. The van der Waals surface area contributed by atoms with E-state index < -0.39 is 10.7 Å². The van der Waals surface area contributed by atoms with Gasteiger partial charge in [0, 0.05) is 30.9 Å². The van der Waals surface area contributed by atoms with Crippen LogP contribution in [0.2, 0.25) is 0 Å². The van der Waals surface area contributed by atoms with E-state index in [1.807, 2.05) is 4.90 Å². The van der Waals surface area contributed by atoms with E-state index in [0.717, 1.165) is 38.7 Å². The van der Waals surface area contributed by atoms with Crippen molar-refractivity contribution in [3.8, 4) is 0 Å². The highest BCUT2D eigenvalue weighted by Gasteiger charge is 2.27. The molecule has 2 rings (SSSR count). The summed E-state index contributed by atoms with van der Waals surface area (Å²) in [6.07, 6.45) is 1.01. The van der Waals surface area contributed by atoms with Crippen LogP contribution in [-0.4, -0.2) is 42.0 Å². The summed E-state index contributed by atoms with van der Waals surface area (Å²) in [6.45, 7) is 7.82. The van der Waals surface area contributed by atoms with Crippen LogP contribution < -0.4 is 4.90 Å². The van der Waals surface area contributed by atoms with Gasteiger partial charge in [-0.3, -0.25) is 15.0 Å². The number of non-ortho nitro benzene ring substituents is 1. The first kappa shape index (κ1) is 14.7. The standard InChI is InChI=1S/C14H20FN3O2/c1-3-16(4-2)12-5-6-17(10-12)13-7-11(15)8-14(9-13)18(19)20/h7-9,12H,3-6,10H2,1-2H3. The summed E-state index contributed by atoms with van der Waals surface area (Å²) < 4.78 is 13.5. The first-order valence-electron chi connectivity index (χ1n) is 6.99. The quantitative estimate of drug-likeness (QED) is 0.615. The molecular weight excluding hydrogens is 261 g/mol. The van der Waals surface area contributed by atoms with Gasteiger partial charge in [0.25, 0.3) is 5.69 Å². The van der Waals surface area contributed by atoms with E-state index in [4.69, 9.17) is 0 Å². The maximum Gasteiger partial charge on any atom is 0.274 e. The van der Waals surface area contributed by atoms with Crippen molar-refractivity contribution in [2.24, 2.45) is 0 Å². The van der Waals surface area contributed by atoms with Crippen LogP contribution in [0.1, 0.15) is 20.3 Å². The molecular formula is C14H20FN3O2. The van der Waals surface area contributed by atoms with E-state index in [9.17, 15) is 14.5 Å². The predicted octanol–water partition coefficient (Wildman–Crippen LogP) is 2.65. The number of halogens is 1. The SMILES string of the molecule is CCN(CC)C1CCN(c2cc(F)cc([N+](=O)[O-])c2)C1. The summed E-state index contributed by atoms with van der Waals surface area (Å²) in [7, 11) is 0. The molecule has 5 nitrogen and oxygen atoms in total. The Bertz CT molecular complexity index is 491. The van der Waals surface area contributed by atoms with Gasteiger partial charge in [-0.1, -0.05) is 13.8 Å². The summed E-state index contributed by atoms with van der Waals surface area (Å²) in [5.41, 5.74) is 0.414. The first-order valence-corrected chi connectivity index (χ1v) is 6.99. The molecule has 1 fully saturated rings. The monoisotopic (exact) mass is 281 g/mol. The minimum Gasteiger partial charge on any atom is -0.370 e. The van der Waals surface area contributed by atoms with E-state index in [-0.39, 0.29) is 5.69 Å². The maximum atomic E-state index is 13.5. The van der Waals surface area contributed by atoms with Gasteiger partial charge in [0.05, 0.1) is 11.0 Å². The number of hydrogen-bond donors (Lipinski definition) is 0. The van der Waals surface area contributed by atoms with Crippen LogP contribution in [0, 0.1) is 15.9 Å². The Morgan fingerprint density at radius 3 is 2.70 bits per heavy atom. The van der Waals surface area contributed by atoms with Crippen LogP contribution in [-0.2, 0) is 0 Å². The molecule has 1 aromatic carbocycles. The zero-order valence-corrected chi connectivity index (χ0v) is 11.9. The number of rotatable bonds is 5. The third-order valence-corrected chi connectivity index (χ3v) is 3.94. The van der Waals surface area contributed by atoms with Crippen LogP contribution in [0.15, 0.2) is 18.2 Å². The zero-order chi connectivity index (χ0) is 14.7. The van der Waals surface area contributed by atoms with Crippen molar-refractivity contribution in [2.45, 2.75) is 26.3 Å². The molecule has 0 saturated carbocycles. The van der Waals surface area contributed by atoms with E-state index in [1.165, 1.54) is 12.1 Å². The van der Waals surface area contributed by atoms with Crippen molar-refractivity contribution in [3.05, 3.63) is 34.1 Å². The summed E-state index contributed by atoms with van der Waals surface area (Å²) in [5, 5.41) is 10.8. The molecule has 6 heteroatoms. The Kier molecular flexibility index (Phi) is 4.54. The number of nitrogens with zero attached hydrogens (tertiary/aromatic N) is 3. The van der Waals surface area contributed by atoms with Gasteiger partial charge >= 0.3 is 0 Å². The van der Waals surface area contributed by atoms with Gasteiger partial charge in [-0.05, 0) is 25.6 Å². The summed E-state index contributed by atoms with van der Waals surface area (Å²) in [5.74, 6) is -0.555. The fourth-order valence-electron chi connectivity index (χ4n) is 2.86. The number of nitro groups is 1. The number of benzene rings is 1. The number of anilines is 1. The zero-order valence-electron chi connectivity index (χ0n) is 11.9. The van der Waals surface area contributed by atoms with E-state index >= 15 is 0 Å². The van der Waals surface area contributed by atoms with Gasteiger partial charge in [0.2, 0.25) is 0 Å². The van der Waals surface area contributed by atoms with Crippen molar-refractivity contribution in [3.63, 3.8) is 0 Å². The van der Waals surface area contributed by atoms with E-state index in [2.05, 4.69) is 18.7 Å². The van der Waals surface area contributed by atoms with Crippen LogP contribution in [0.3, 0.4) is 0 Å². The van der Waals surface area contributed by atoms with Crippen LogP contribution in [0.4, 0.5) is 15.8 Å². The molecule has 1 aliphatic heterocycles. The Morgan fingerprint density at radius 2 is 2.10 bits per heavy atom. The molecule has 110 valence electrons. The van der Waals surface area contributed by atoms with Gasteiger partial charge in [-0.15, -0.1) is 0 Å². The first-order chi connectivity index (χ1) is 9.55. The fourth-order valence-corrected chi connectivity index (χ4v) is 2.86. The van der Waals surface area contributed by atoms with Crippen molar-refractivity contribution in [2.75, 3.05) is 31.1 Å². The van der Waals surface area contributed by atoms with Crippen LogP contribution >= 0.6 is 0 Å². The average molecular weight is 281 g/mol. The van der Waals surface area contributed by atoms with Crippen molar-refractivity contribution < 1.29 is 9.31 Å². The topological polar surface area (TPSA) is 49.6 Å². The van der Waals surface area contributed by atoms with Crippen molar-refractivity contribution >= 4 is 11.4 Å².